The third-order valence-electron chi connectivity index (χ3n) is 4.77. The molecule has 3 aromatic rings. The van der Waals surface area contributed by atoms with Gasteiger partial charge < -0.3 is 5.32 Å². The third-order valence-corrected chi connectivity index (χ3v) is 5.77. The first kappa shape index (κ1) is 23.4. The maximum Gasteiger partial charge on any atom is 0.471 e. The zero-order chi connectivity index (χ0) is 23.8. The van der Waals surface area contributed by atoms with Gasteiger partial charge in [0.15, 0.2) is 14.9 Å². The molecule has 1 N–H and O–H groups in total. The molecule has 0 unspecified atom stereocenters. The van der Waals surface area contributed by atoms with Crippen LogP contribution in [0.3, 0.4) is 0 Å². The summed E-state index contributed by atoms with van der Waals surface area (Å²) in [7, 11) is -3.43. The number of hydrogen-bond acceptors (Lipinski definition) is 4. The smallest absolute Gasteiger partial charge is 0.318 e. The lowest BCUT2D eigenvalue weighted by Crippen LogP contribution is -2.29. The Hall–Kier alpha value is -3.27. The Labute approximate surface area is 182 Å². The van der Waals surface area contributed by atoms with E-state index in [2.05, 4.69) is 4.98 Å². The van der Waals surface area contributed by atoms with E-state index < -0.39 is 27.7 Å². The number of carbonyl (C=O) groups is 1. The molecule has 1 amide bonds. The quantitative estimate of drug-likeness (QED) is 0.545. The largest absolute Gasteiger partial charge is 0.471 e. The van der Waals surface area contributed by atoms with Crippen molar-refractivity contribution >= 4 is 21.4 Å². The van der Waals surface area contributed by atoms with Gasteiger partial charge in [0.1, 0.15) is 5.82 Å². The summed E-state index contributed by atoms with van der Waals surface area (Å²) < 4.78 is 75.0. The number of nitrogens with one attached hydrogen (secondary N) is 1. The average Bonchev–Trinajstić information content (AvgIpc) is 2.68. The Morgan fingerprint density at radius 3 is 2.09 bits per heavy atom. The van der Waals surface area contributed by atoms with E-state index in [0.717, 1.165) is 23.4 Å². The second-order valence-electron chi connectivity index (χ2n) is 7.29. The summed E-state index contributed by atoms with van der Waals surface area (Å²) in [6, 6.07) is 9.87. The molecule has 0 aliphatic heterocycles. The molecule has 1 heterocycles. The molecule has 0 fully saturated rings. The van der Waals surface area contributed by atoms with Crippen LogP contribution in [-0.2, 0) is 14.6 Å². The average molecular weight is 466 g/mol. The van der Waals surface area contributed by atoms with Crippen molar-refractivity contribution in [3.8, 4) is 22.3 Å². The van der Waals surface area contributed by atoms with Crippen LogP contribution in [0.5, 0.6) is 0 Å². The molecule has 10 heteroatoms. The number of aromatic nitrogens is 1. The molecular weight excluding hydrogens is 448 g/mol. The fourth-order valence-corrected chi connectivity index (χ4v) is 3.75. The molecule has 0 atom stereocenters. The third kappa shape index (κ3) is 4.96. The Balaban J connectivity index is 1.95. The van der Waals surface area contributed by atoms with Crippen molar-refractivity contribution < 1.29 is 30.8 Å². The predicted octanol–water partition coefficient (Wildman–Crippen LogP) is 5.08. The van der Waals surface area contributed by atoms with Crippen LogP contribution in [0, 0.1) is 19.7 Å². The van der Waals surface area contributed by atoms with E-state index >= 15 is 0 Å². The maximum absolute atomic E-state index is 14.7. The standard InChI is InChI=1S/C22H18F4N2O3S/c1-12-9-18(16-6-5-15(10-19(16)23)28-21(29)22(24,25)26)13(2)8-17(12)14-4-7-20(27-11-14)32(3,30)31/h4-11H,1-3H3,(H,28,29). The normalized spacial score (nSPS) is 12.0. The number of halogens is 4. The van der Waals surface area contributed by atoms with E-state index in [0.29, 0.717) is 16.7 Å². The first-order chi connectivity index (χ1) is 14.8. The minimum atomic E-state index is -5.08. The van der Waals surface area contributed by atoms with Crippen LogP contribution >= 0.6 is 0 Å². The van der Waals surface area contributed by atoms with Gasteiger partial charge >= 0.3 is 12.1 Å². The number of rotatable bonds is 4. The van der Waals surface area contributed by atoms with Crippen LogP contribution < -0.4 is 5.32 Å². The Morgan fingerprint density at radius 1 is 0.938 bits per heavy atom. The van der Waals surface area contributed by atoms with Gasteiger partial charge in [-0.15, -0.1) is 0 Å². The van der Waals surface area contributed by atoms with Gasteiger partial charge in [0.05, 0.1) is 0 Å². The van der Waals surface area contributed by atoms with Gasteiger partial charge in [-0.05, 0) is 66.4 Å². The number of aryl methyl sites for hydroxylation is 2. The van der Waals surface area contributed by atoms with Gasteiger partial charge in [-0.1, -0.05) is 12.1 Å². The predicted molar refractivity (Wildman–Crippen MR) is 112 cm³/mol. The minimum absolute atomic E-state index is 0.0491. The van der Waals surface area contributed by atoms with Crippen LogP contribution in [-0.4, -0.2) is 31.7 Å². The highest BCUT2D eigenvalue weighted by Gasteiger charge is 2.38. The van der Waals surface area contributed by atoms with E-state index in [9.17, 15) is 30.8 Å². The van der Waals surface area contributed by atoms with Crippen LogP contribution in [0.1, 0.15) is 11.1 Å². The van der Waals surface area contributed by atoms with Gasteiger partial charge in [-0.2, -0.15) is 13.2 Å². The zero-order valence-electron chi connectivity index (χ0n) is 17.2. The van der Waals surface area contributed by atoms with Crippen molar-refractivity contribution in [3.05, 3.63) is 65.6 Å². The number of pyridine rings is 1. The van der Waals surface area contributed by atoms with Gasteiger partial charge in [-0.3, -0.25) is 4.79 Å². The Bertz CT molecular complexity index is 1300. The molecule has 0 radical (unpaired) electrons. The molecule has 2 aromatic carbocycles. The van der Waals surface area contributed by atoms with Gasteiger partial charge in [0.2, 0.25) is 0 Å². The summed E-state index contributed by atoms with van der Waals surface area (Å²) in [5.74, 6) is -2.98. The Morgan fingerprint density at radius 2 is 1.56 bits per heavy atom. The number of hydrogen-bond donors (Lipinski definition) is 1. The molecule has 32 heavy (non-hydrogen) atoms. The zero-order valence-corrected chi connectivity index (χ0v) is 18.0. The molecule has 0 spiro atoms. The van der Waals surface area contributed by atoms with E-state index in [4.69, 9.17) is 0 Å². The minimum Gasteiger partial charge on any atom is -0.318 e. The van der Waals surface area contributed by atoms with Crippen LogP contribution in [0.4, 0.5) is 23.2 Å². The first-order valence-electron chi connectivity index (χ1n) is 9.23. The van der Waals surface area contributed by atoms with E-state index in [1.165, 1.54) is 24.4 Å². The van der Waals surface area contributed by atoms with E-state index in [1.54, 1.807) is 37.4 Å². The summed E-state index contributed by atoms with van der Waals surface area (Å²) in [6.07, 6.45) is -2.57. The lowest BCUT2D eigenvalue weighted by molar-refractivity contribution is -0.167. The summed E-state index contributed by atoms with van der Waals surface area (Å²) >= 11 is 0. The molecule has 0 saturated carbocycles. The summed E-state index contributed by atoms with van der Waals surface area (Å²) in [5, 5.41) is 1.57. The van der Waals surface area contributed by atoms with E-state index in [1.807, 2.05) is 0 Å². The topological polar surface area (TPSA) is 76.1 Å². The SMILES string of the molecule is Cc1cc(-c2ccc(NC(=O)C(F)(F)F)cc2F)c(C)cc1-c1ccc(S(C)(=O)=O)nc1. The van der Waals surface area contributed by atoms with E-state index in [-0.39, 0.29) is 16.3 Å². The molecule has 0 bridgehead atoms. The fourth-order valence-electron chi connectivity index (χ4n) is 3.19. The Kier molecular flexibility index (Phi) is 6.10. The second kappa shape index (κ2) is 8.34. The number of amides is 1. The molecule has 168 valence electrons. The monoisotopic (exact) mass is 466 g/mol. The lowest BCUT2D eigenvalue weighted by Gasteiger charge is -2.15. The number of nitrogens with zero attached hydrogens (tertiary/aromatic N) is 1. The number of benzene rings is 2. The van der Waals surface area contributed by atoms with Gasteiger partial charge in [0.25, 0.3) is 0 Å². The van der Waals surface area contributed by atoms with Crippen LogP contribution in [0.15, 0.2) is 53.7 Å². The van der Waals surface area contributed by atoms with Crippen molar-refractivity contribution in [2.75, 3.05) is 11.6 Å². The highest BCUT2D eigenvalue weighted by atomic mass is 32.2. The van der Waals surface area contributed by atoms with Crippen molar-refractivity contribution in [2.45, 2.75) is 25.0 Å². The molecule has 0 aliphatic carbocycles. The van der Waals surface area contributed by atoms with Crippen molar-refractivity contribution in [1.29, 1.82) is 0 Å². The highest BCUT2D eigenvalue weighted by Crippen LogP contribution is 2.34. The molecule has 3 rings (SSSR count). The van der Waals surface area contributed by atoms with Crippen molar-refractivity contribution in [2.24, 2.45) is 0 Å². The molecule has 1 aromatic heterocycles. The van der Waals surface area contributed by atoms with Crippen LogP contribution in [0.25, 0.3) is 22.3 Å². The molecule has 5 nitrogen and oxygen atoms in total. The maximum atomic E-state index is 14.7. The highest BCUT2D eigenvalue weighted by molar-refractivity contribution is 7.90. The first-order valence-corrected chi connectivity index (χ1v) is 11.1. The van der Waals surface area contributed by atoms with Gasteiger partial charge in [0, 0.05) is 29.3 Å². The fraction of sp³-hybridized carbons (Fsp3) is 0.182. The summed E-state index contributed by atoms with van der Waals surface area (Å²) in [5.41, 5.74) is 3.27. The van der Waals surface area contributed by atoms with Crippen molar-refractivity contribution in [3.63, 3.8) is 0 Å². The lowest BCUT2D eigenvalue weighted by atomic mass is 9.92. The second-order valence-corrected chi connectivity index (χ2v) is 9.25. The number of anilines is 1. The van der Waals surface area contributed by atoms with Crippen LogP contribution in [0.2, 0.25) is 0 Å². The summed E-state index contributed by atoms with van der Waals surface area (Å²) in [4.78, 5) is 15.0. The number of alkyl halides is 3. The molecular formula is C22H18F4N2O3S. The molecule has 0 aliphatic rings. The number of carbonyl (C=O) groups excluding carboxylic acids is 1. The molecule has 0 saturated heterocycles. The van der Waals surface area contributed by atoms with Gasteiger partial charge in [-0.25, -0.2) is 17.8 Å². The summed E-state index contributed by atoms with van der Waals surface area (Å²) in [6.45, 7) is 3.54. The van der Waals surface area contributed by atoms with Crippen molar-refractivity contribution in [1.82, 2.24) is 4.98 Å². The number of sulfone groups is 1.